The van der Waals surface area contributed by atoms with E-state index in [1.807, 2.05) is 24.3 Å². The third-order valence-corrected chi connectivity index (χ3v) is 4.52. The van der Waals surface area contributed by atoms with Gasteiger partial charge in [0.2, 0.25) is 11.8 Å². The number of hydrogen-bond acceptors (Lipinski definition) is 3. The van der Waals surface area contributed by atoms with E-state index in [2.05, 4.69) is 0 Å². The Morgan fingerprint density at radius 2 is 1.96 bits per heavy atom. The van der Waals surface area contributed by atoms with Crippen molar-refractivity contribution in [2.75, 3.05) is 13.1 Å². The van der Waals surface area contributed by atoms with Crippen molar-refractivity contribution in [3.05, 3.63) is 34.7 Å². The summed E-state index contributed by atoms with van der Waals surface area (Å²) in [7, 11) is 1.69. The van der Waals surface area contributed by atoms with Gasteiger partial charge in [-0.15, -0.1) is 0 Å². The van der Waals surface area contributed by atoms with Crippen molar-refractivity contribution in [3.63, 3.8) is 0 Å². The largest absolute Gasteiger partial charge is 0.369 e. The molecule has 122 valence electrons. The second-order valence-electron chi connectivity index (χ2n) is 6.00. The maximum Gasteiger partial charge on any atom is 0.329 e. The van der Waals surface area contributed by atoms with E-state index in [4.69, 9.17) is 5.73 Å². The number of nitrogens with zero attached hydrogens (tertiary/aromatic N) is 3. The van der Waals surface area contributed by atoms with Crippen LogP contribution in [0.5, 0.6) is 0 Å². The minimum Gasteiger partial charge on any atom is -0.369 e. The number of imidazole rings is 1. The van der Waals surface area contributed by atoms with Crippen molar-refractivity contribution in [3.8, 4) is 0 Å². The molecular weight excluding hydrogens is 296 g/mol. The molecule has 1 saturated heterocycles. The monoisotopic (exact) mass is 316 g/mol. The molecule has 3 rings (SSSR count). The molecule has 0 saturated carbocycles. The number of piperidine rings is 1. The lowest BCUT2D eigenvalue weighted by atomic mass is 9.97. The quantitative estimate of drug-likeness (QED) is 0.868. The van der Waals surface area contributed by atoms with E-state index >= 15 is 0 Å². The number of carbonyl (C=O) groups is 2. The fourth-order valence-corrected chi connectivity index (χ4v) is 3.19. The minimum atomic E-state index is -0.371. The summed E-state index contributed by atoms with van der Waals surface area (Å²) in [4.78, 5) is 37.9. The Morgan fingerprint density at radius 3 is 2.65 bits per heavy atom. The van der Waals surface area contributed by atoms with Crippen LogP contribution in [-0.4, -0.2) is 38.9 Å². The van der Waals surface area contributed by atoms with Crippen LogP contribution in [0.25, 0.3) is 11.0 Å². The highest BCUT2D eigenvalue weighted by atomic mass is 16.2. The summed E-state index contributed by atoms with van der Waals surface area (Å²) < 4.78 is 3.01. The first kappa shape index (κ1) is 15.3. The molecule has 1 aliphatic heterocycles. The van der Waals surface area contributed by atoms with Crippen LogP contribution in [0.1, 0.15) is 12.8 Å². The minimum absolute atomic E-state index is 0.0222. The molecule has 2 aromatic rings. The molecule has 2 amide bonds. The van der Waals surface area contributed by atoms with Gasteiger partial charge >= 0.3 is 5.69 Å². The summed E-state index contributed by atoms with van der Waals surface area (Å²) in [6, 6.07) is 7.37. The van der Waals surface area contributed by atoms with Crippen LogP contribution in [-0.2, 0) is 23.2 Å². The molecule has 1 aromatic heterocycles. The maximum atomic E-state index is 12.5. The third-order valence-electron chi connectivity index (χ3n) is 4.52. The van der Waals surface area contributed by atoms with E-state index in [-0.39, 0.29) is 30.0 Å². The summed E-state index contributed by atoms with van der Waals surface area (Å²) in [6.45, 7) is 0.918. The van der Waals surface area contributed by atoms with Gasteiger partial charge in [0.05, 0.1) is 17.0 Å². The van der Waals surface area contributed by atoms with Crippen molar-refractivity contribution >= 4 is 22.8 Å². The van der Waals surface area contributed by atoms with Crippen molar-refractivity contribution in [2.24, 2.45) is 18.7 Å². The number of carbonyl (C=O) groups excluding carboxylic acids is 2. The standard InChI is InChI=1S/C16H20N4O3/c1-18-12-6-2-3-7-13(12)20(16(18)23)10-14(21)19-8-4-5-11(9-19)15(17)22/h2-3,6-7,11H,4-5,8-10H2,1H3,(H2,17,22)/t11-/m0/s1. The molecule has 0 aliphatic carbocycles. The van der Waals surface area contributed by atoms with Crippen LogP contribution in [0, 0.1) is 5.92 Å². The first-order valence-electron chi connectivity index (χ1n) is 7.70. The average Bonchev–Trinajstić information content (AvgIpc) is 2.80. The van der Waals surface area contributed by atoms with Gasteiger partial charge in [0.25, 0.3) is 0 Å². The SMILES string of the molecule is Cn1c(=O)n(CC(=O)N2CCC[C@H](C(N)=O)C2)c2ccccc21. The zero-order valence-corrected chi connectivity index (χ0v) is 13.1. The van der Waals surface area contributed by atoms with Gasteiger partial charge in [-0.2, -0.15) is 0 Å². The van der Waals surface area contributed by atoms with Gasteiger partial charge in [-0.1, -0.05) is 12.1 Å². The number of likely N-dealkylation sites (tertiary alicyclic amines) is 1. The highest BCUT2D eigenvalue weighted by molar-refractivity contribution is 5.82. The summed E-state index contributed by atoms with van der Waals surface area (Å²) in [5, 5.41) is 0. The molecule has 0 radical (unpaired) electrons. The number of rotatable bonds is 3. The Labute approximate surface area is 133 Å². The van der Waals surface area contributed by atoms with Crippen molar-refractivity contribution in [1.29, 1.82) is 0 Å². The van der Waals surface area contributed by atoms with E-state index in [1.54, 1.807) is 11.9 Å². The van der Waals surface area contributed by atoms with Gasteiger partial charge < -0.3 is 10.6 Å². The van der Waals surface area contributed by atoms with Crippen LogP contribution in [0.15, 0.2) is 29.1 Å². The van der Waals surface area contributed by atoms with Gasteiger partial charge in [0.1, 0.15) is 6.54 Å². The maximum absolute atomic E-state index is 12.5. The summed E-state index contributed by atoms with van der Waals surface area (Å²) in [6.07, 6.45) is 1.47. The molecule has 7 heteroatoms. The molecule has 1 aromatic carbocycles. The van der Waals surface area contributed by atoms with Crippen LogP contribution >= 0.6 is 0 Å². The molecule has 1 aliphatic rings. The van der Waals surface area contributed by atoms with Gasteiger partial charge in [-0.25, -0.2) is 4.79 Å². The van der Waals surface area contributed by atoms with Gasteiger partial charge in [-0.05, 0) is 25.0 Å². The predicted octanol–water partition coefficient (Wildman–Crippen LogP) is 0.0639. The third kappa shape index (κ3) is 2.74. The highest BCUT2D eigenvalue weighted by Gasteiger charge is 2.27. The number of hydrogen-bond donors (Lipinski definition) is 1. The Kier molecular flexibility index (Phi) is 3.94. The number of fused-ring (bicyclic) bond motifs is 1. The molecule has 0 bridgehead atoms. The van der Waals surface area contributed by atoms with Gasteiger partial charge in [0, 0.05) is 20.1 Å². The highest BCUT2D eigenvalue weighted by Crippen LogP contribution is 2.17. The Hall–Kier alpha value is -2.57. The average molecular weight is 316 g/mol. The lowest BCUT2D eigenvalue weighted by Crippen LogP contribution is -2.45. The van der Waals surface area contributed by atoms with E-state index < -0.39 is 0 Å². The number of primary amides is 1. The fourth-order valence-electron chi connectivity index (χ4n) is 3.19. The number of para-hydroxylation sites is 2. The summed E-state index contributed by atoms with van der Waals surface area (Å²) >= 11 is 0. The molecule has 1 atom stereocenters. The number of amides is 2. The zero-order valence-electron chi connectivity index (χ0n) is 13.1. The second-order valence-corrected chi connectivity index (χ2v) is 6.00. The number of benzene rings is 1. The fraction of sp³-hybridized carbons (Fsp3) is 0.438. The molecule has 7 nitrogen and oxygen atoms in total. The van der Waals surface area contributed by atoms with Crippen LogP contribution in [0.4, 0.5) is 0 Å². The number of aromatic nitrogens is 2. The first-order chi connectivity index (χ1) is 11.0. The smallest absolute Gasteiger partial charge is 0.329 e. The van der Waals surface area contributed by atoms with Crippen LogP contribution in [0.2, 0.25) is 0 Å². The normalized spacial score (nSPS) is 18.3. The lowest BCUT2D eigenvalue weighted by Gasteiger charge is -2.31. The van der Waals surface area contributed by atoms with E-state index in [0.29, 0.717) is 19.5 Å². The molecule has 2 heterocycles. The summed E-state index contributed by atoms with van der Waals surface area (Å²) in [5.41, 5.74) is 6.65. The Balaban J connectivity index is 1.85. The molecular formula is C16H20N4O3. The van der Waals surface area contributed by atoms with Gasteiger partial charge in [-0.3, -0.25) is 18.7 Å². The number of nitrogens with two attached hydrogens (primary N) is 1. The topological polar surface area (TPSA) is 90.3 Å². The predicted molar refractivity (Wildman–Crippen MR) is 85.7 cm³/mol. The van der Waals surface area contributed by atoms with Crippen molar-refractivity contribution < 1.29 is 9.59 Å². The van der Waals surface area contributed by atoms with E-state index in [1.165, 1.54) is 9.13 Å². The molecule has 23 heavy (non-hydrogen) atoms. The van der Waals surface area contributed by atoms with E-state index in [9.17, 15) is 14.4 Å². The van der Waals surface area contributed by atoms with Crippen molar-refractivity contribution in [2.45, 2.75) is 19.4 Å². The Morgan fingerprint density at radius 1 is 1.26 bits per heavy atom. The van der Waals surface area contributed by atoms with Crippen LogP contribution in [0.3, 0.4) is 0 Å². The van der Waals surface area contributed by atoms with Crippen molar-refractivity contribution in [1.82, 2.24) is 14.0 Å². The van der Waals surface area contributed by atoms with Crippen LogP contribution < -0.4 is 11.4 Å². The second kappa shape index (κ2) is 5.91. The number of aryl methyl sites for hydroxylation is 1. The Bertz CT molecular complexity index is 820. The molecule has 0 spiro atoms. The molecule has 2 N–H and O–H groups in total. The molecule has 1 fully saturated rings. The van der Waals surface area contributed by atoms with E-state index in [0.717, 1.165) is 17.5 Å². The van der Waals surface area contributed by atoms with Gasteiger partial charge in [0.15, 0.2) is 0 Å². The lowest BCUT2D eigenvalue weighted by molar-refractivity contribution is -0.135. The summed E-state index contributed by atoms with van der Waals surface area (Å²) in [5.74, 6) is -0.823. The molecule has 0 unspecified atom stereocenters. The first-order valence-corrected chi connectivity index (χ1v) is 7.70. The zero-order chi connectivity index (χ0) is 16.6.